The zero-order valence-corrected chi connectivity index (χ0v) is 20.0. The van der Waals surface area contributed by atoms with Crippen LogP contribution in [0.25, 0.3) is 0 Å². The van der Waals surface area contributed by atoms with Gasteiger partial charge in [-0.15, -0.1) is 0 Å². The number of anilines is 2. The number of carbonyl (C=O) groups excluding carboxylic acids is 2. The van der Waals surface area contributed by atoms with Gasteiger partial charge in [-0.3, -0.25) is 9.59 Å². The maximum atomic E-state index is 13.2. The number of benzene rings is 3. The molecule has 35 heavy (non-hydrogen) atoms. The number of rotatable bonds is 7. The van der Waals surface area contributed by atoms with Crippen LogP contribution in [0.2, 0.25) is 5.02 Å². The molecule has 2 N–H and O–H groups in total. The summed E-state index contributed by atoms with van der Waals surface area (Å²) in [6.07, 6.45) is 0. The number of hydrogen-bond donors (Lipinski definition) is 2. The van der Waals surface area contributed by atoms with E-state index in [9.17, 15) is 14.7 Å². The highest BCUT2D eigenvalue weighted by molar-refractivity contribution is 6.30. The Morgan fingerprint density at radius 2 is 1.69 bits per heavy atom. The third kappa shape index (κ3) is 5.96. The Kier molecular flexibility index (Phi) is 7.62. The van der Waals surface area contributed by atoms with Crippen molar-refractivity contribution < 1.29 is 24.2 Å². The van der Waals surface area contributed by atoms with Crippen molar-refractivity contribution in [3.63, 3.8) is 0 Å². The largest absolute Gasteiger partial charge is 0.508 e. The molecule has 2 amide bonds. The van der Waals surface area contributed by atoms with Crippen molar-refractivity contribution in [2.24, 2.45) is 0 Å². The van der Waals surface area contributed by atoms with Crippen LogP contribution in [0.5, 0.6) is 17.2 Å². The minimum absolute atomic E-state index is 0.147. The van der Waals surface area contributed by atoms with E-state index in [1.54, 1.807) is 59.5 Å². The second-order valence-corrected chi connectivity index (χ2v) is 8.41. The van der Waals surface area contributed by atoms with Gasteiger partial charge in [-0.25, -0.2) is 0 Å². The molecule has 182 valence electrons. The summed E-state index contributed by atoms with van der Waals surface area (Å²) in [6, 6.07) is 18.8. The van der Waals surface area contributed by atoms with Crippen molar-refractivity contribution >= 4 is 34.8 Å². The average Bonchev–Trinajstić information content (AvgIpc) is 2.89. The number of halogens is 1. The van der Waals surface area contributed by atoms with Crippen molar-refractivity contribution in [1.82, 2.24) is 4.90 Å². The Hall–Kier alpha value is -3.91. The predicted molar refractivity (Wildman–Crippen MR) is 135 cm³/mol. The molecule has 0 unspecified atom stereocenters. The fourth-order valence-corrected chi connectivity index (χ4v) is 4.03. The van der Waals surface area contributed by atoms with E-state index in [1.165, 1.54) is 7.11 Å². The van der Waals surface area contributed by atoms with Gasteiger partial charge in [0, 0.05) is 43.0 Å². The Morgan fingerprint density at radius 1 is 0.971 bits per heavy atom. The summed E-state index contributed by atoms with van der Waals surface area (Å²) in [4.78, 5) is 29.6. The predicted octanol–water partition coefficient (Wildman–Crippen LogP) is 4.03. The Bertz CT molecular complexity index is 1190. The van der Waals surface area contributed by atoms with Crippen LogP contribution in [0.3, 0.4) is 0 Å². The molecule has 1 aliphatic heterocycles. The number of phenolic OH excluding ortho intramolecular Hbond substituents is 1. The molecule has 9 heteroatoms. The summed E-state index contributed by atoms with van der Waals surface area (Å²) in [7, 11) is 1.49. The lowest BCUT2D eigenvalue weighted by Crippen LogP contribution is -2.48. The number of para-hydroxylation sites is 1. The number of methoxy groups -OCH3 is 1. The first-order valence-corrected chi connectivity index (χ1v) is 11.5. The quantitative estimate of drug-likeness (QED) is 0.514. The third-order valence-electron chi connectivity index (χ3n) is 5.70. The lowest BCUT2D eigenvalue weighted by atomic mass is 10.1. The normalized spacial score (nSPS) is 13.3. The summed E-state index contributed by atoms with van der Waals surface area (Å²) in [5.41, 5.74) is 1.88. The Labute approximate surface area is 208 Å². The molecule has 4 rings (SSSR count). The summed E-state index contributed by atoms with van der Waals surface area (Å²) in [6.45, 7) is 2.16. The first kappa shape index (κ1) is 24.2. The topological polar surface area (TPSA) is 91.3 Å². The monoisotopic (exact) mass is 495 g/mol. The number of carbonyl (C=O) groups is 2. The van der Waals surface area contributed by atoms with Crippen LogP contribution in [0.1, 0.15) is 10.4 Å². The smallest absolute Gasteiger partial charge is 0.262 e. The van der Waals surface area contributed by atoms with Crippen LogP contribution in [-0.4, -0.2) is 61.7 Å². The molecule has 0 spiro atoms. The van der Waals surface area contributed by atoms with Crippen LogP contribution in [0.4, 0.5) is 11.4 Å². The van der Waals surface area contributed by atoms with E-state index in [1.807, 2.05) is 12.1 Å². The average molecular weight is 496 g/mol. The summed E-state index contributed by atoms with van der Waals surface area (Å²) in [5, 5.41) is 12.7. The van der Waals surface area contributed by atoms with Gasteiger partial charge in [-0.2, -0.15) is 0 Å². The molecule has 0 aliphatic carbocycles. The van der Waals surface area contributed by atoms with Crippen molar-refractivity contribution in [1.29, 1.82) is 0 Å². The maximum Gasteiger partial charge on any atom is 0.262 e. The number of phenols is 1. The van der Waals surface area contributed by atoms with Gasteiger partial charge in [0.25, 0.3) is 11.8 Å². The SMILES string of the molecule is COc1cc(Cl)ccc1NC(=O)COc1ccccc1C(=O)N1CCN(c2ccc(O)cc2)CC1. The fraction of sp³-hybridized carbons (Fsp3) is 0.231. The molecule has 0 bridgehead atoms. The first-order chi connectivity index (χ1) is 16.9. The molecule has 3 aromatic carbocycles. The molecule has 0 radical (unpaired) electrons. The minimum Gasteiger partial charge on any atom is -0.508 e. The molecule has 1 heterocycles. The minimum atomic E-state index is -0.393. The number of nitrogens with one attached hydrogen (secondary N) is 1. The van der Waals surface area contributed by atoms with E-state index in [-0.39, 0.29) is 18.3 Å². The maximum absolute atomic E-state index is 13.2. The van der Waals surface area contributed by atoms with Gasteiger partial charge in [0.15, 0.2) is 6.61 Å². The van der Waals surface area contributed by atoms with Crippen molar-refractivity contribution in [3.8, 4) is 17.2 Å². The number of piperazine rings is 1. The van der Waals surface area contributed by atoms with E-state index in [4.69, 9.17) is 21.1 Å². The van der Waals surface area contributed by atoms with Crippen LogP contribution < -0.4 is 19.7 Å². The van der Waals surface area contributed by atoms with Gasteiger partial charge >= 0.3 is 0 Å². The van der Waals surface area contributed by atoms with E-state index >= 15 is 0 Å². The zero-order valence-electron chi connectivity index (χ0n) is 19.2. The van der Waals surface area contributed by atoms with Crippen LogP contribution in [-0.2, 0) is 4.79 Å². The molecule has 0 atom stereocenters. The highest BCUT2D eigenvalue weighted by atomic mass is 35.5. The molecule has 1 saturated heterocycles. The molecule has 0 aromatic heterocycles. The van der Waals surface area contributed by atoms with Crippen molar-refractivity contribution in [2.45, 2.75) is 0 Å². The highest BCUT2D eigenvalue weighted by Gasteiger charge is 2.24. The van der Waals surface area contributed by atoms with E-state index < -0.39 is 5.91 Å². The number of nitrogens with zero attached hydrogens (tertiary/aromatic N) is 2. The standard InChI is InChI=1S/C26H26ClN3O5/c1-34-24-16-18(27)6-11-22(24)28-25(32)17-35-23-5-3-2-4-21(23)26(33)30-14-12-29(13-15-30)19-7-9-20(31)10-8-19/h2-11,16,31H,12-15,17H2,1H3,(H,28,32). The molecular formula is C26H26ClN3O5. The number of ether oxygens (including phenoxy) is 2. The number of aromatic hydroxyl groups is 1. The molecule has 1 aliphatic rings. The Balaban J connectivity index is 1.36. The second-order valence-electron chi connectivity index (χ2n) is 7.97. The summed E-state index contributed by atoms with van der Waals surface area (Å²) >= 11 is 5.96. The lowest BCUT2D eigenvalue weighted by Gasteiger charge is -2.36. The van der Waals surface area contributed by atoms with Crippen LogP contribution in [0.15, 0.2) is 66.7 Å². The second kappa shape index (κ2) is 11.0. The van der Waals surface area contributed by atoms with Gasteiger partial charge in [-0.1, -0.05) is 23.7 Å². The van der Waals surface area contributed by atoms with Gasteiger partial charge in [0.1, 0.15) is 17.2 Å². The number of hydrogen-bond acceptors (Lipinski definition) is 6. The zero-order chi connectivity index (χ0) is 24.8. The van der Waals surface area contributed by atoms with E-state index in [2.05, 4.69) is 10.2 Å². The Morgan fingerprint density at radius 3 is 2.40 bits per heavy atom. The van der Waals surface area contributed by atoms with Gasteiger partial charge < -0.3 is 29.7 Å². The number of amides is 2. The molecule has 3 aromatic rings. The van der Waals surface area contributed by atoms with E-state index in [0.29, 0.717) is 54.0 Å². The summed E-state index contributed by atoms with van der Waals surface area (Å²) in [5.74, 6) is 0.464. The molecular weight excluding hydrogens is 470 g/mol. The molecule has 1 fully saturated rings. The highest BCUT2D eigenvalue weighted by Crippen LogP contribution is 2.28. The van der Waals surface area contributed by atoms with Gasteiger partial charge in [-0.05, 0) is 48.5 Å². The molecule has 8 nitrogen and oxygen atoms in total. The van der Waals surface area contributed by atoms with Gasteiger partial charge in [0.2, 0.25) is 0 Å². The van der Waals surface area contributed by atoms with Crippen molar-refractivity contribution in [2.75, 3.05) is 50.1 Å². The van der Waals surface area contributed by atoms with Crippen molar-refractivity contribution in [3.05, 3.63) is 77.3 Å². The van der Waals surface area contributed by atoms with Gasteiger partial charge in [0.05, 0.1) is 18.4 Å². The third-order valence-corrected chi connectivity index (χ3v) is 5.93. The van der Waals surface area contributed by atoms with Crippen LogP contribution in [0, 0.1) is 0 Å². The molecule has 0 saturated carbocycles. The van der Waals surface area contributed by atoms with Crippen LogP contribution >= 0.6 is 11.6 Å². The lowest BCUT2D eigenvalue weighted by molar-refractivity contribution is -0.118. The first-order valence-electron chi connectivity index (χ1n) is 11.1. The summed E-state index contributed by atoms with van der Waals surface area (Å²) < 4.78 is 11.0. The fourth-order valence-electron chi connectivity index (χ4n) is 3.87. The van der Waals surface area contributed by atoms with E-state index in [0.717, 1.165) is 5.69 Å².